The number of nitrogens with one attached hydrogen (secondary N) is 2. The summed E-state index contributed by atoms with van der Waals surface area (Å²) in [5, 5.41) is 10.4. The first-order valence-electron chi connectivity index (χ1n) is 6.27. The molecule has 0 spiro atoms. The third kappa shape index (κ3) is 3.58. The van der Waals surface area contributed by atoms with Crippen molar-refractivity contribution in [2.45, 2.75) is 39.3 Å². The molecule has 1 aliphatic rings. The highest BCUT2D eigenvalue weighted by Gasteiger charge is 2.11. The van der Waals surface area contributed by atoms with Gasteiger partial charge in [-0.3, -0.25) is 0 Å². The van der Waals surface area contributed by atoms with Gasteiger partial charge in [0.1, 0.15) is 6.54 Å². The zero-order valence-corrected chi connectivity index (χ0v) is 10.8. The van der Waals surface area contributed by atoms with Crippen LogP contribution in [0, 0.1) is 6.92 Å². The number of hydrogen-bond acceptors (Lipinski definition) is 4. The lowest BCUT2D eigenvalue weighted by Gasteiger charge is -2.16. The number of hydrogen-bond donors (Lipinski definition) is 2. The molecule has 6 heteroatoms. The number of aryl methyl sites for hydroxylation is 1. The first-order valence-corrected chi connectivity index (χ1v) is 6.27. The molecule has 2 rings (SSSR count). The van der Waals surface area contributed by atoms with Crippen LogP contribution in [0.25, 0.3) is 0 Å². The molecular weight excluding hydrogens is 230 g/mol. The Balaban J connectivity index is 1.91. The van der Waals surface area contributed by atoms with Crippen LogP contribution in [-0.2, 0) is 6.54 Å². The summed E-state index contributed by atoms with van der Waals surface area (Å²) in [7, 11) is 0. The highest BCUT2D eigenvalue weighted by atomic mass is 16.5. The average molecular weight is 249 g/mol. The van der Waals surface area contributed by atoms with Crippen LogP contribution < -0.4 is 10.6 Å². The first kappa shape index (κ1) is 12.6. The topological polar surface area (TPSA) is 75.3 Å². The van der Waals surface area contributed by atoms with Crippen molar-refractivity contribution in [1.82, 2.24) is 20.8 Å². The Kier molecular flexibility index (Phi) is 4.33. The molecule has 1 aliphatic carbocycles. The van der Waals surface area contributed by atoms with Gasteiger partial charge in [0.25, 0.3) is 0 Å². The first-order chi connectivity index (χ1) is 8.78. The Hall–Kier alpha value is -1.85. The van der Waals surface area contributed by atoms with E-state index in [0.29, 0.717) is 24.3 Å². The fraction of sp³-hybridized carbons (Fsp3) is 0.583. The van der Waals surface area contributed by atoms with E-state index in [1.807, 2.05) is 6.92 Å². The zero-order valence-electron chi connectivity index (χ0n) is 10.8. The average Bonchev–Trinajstić information content (AvgIpc) is 2.98. The van der Waals surface area contributed by atoms with E-state index in [0.717, 1.165) is 25.3 Å². The van der Waals surface area contributed by atoms with Gasteiger partial charge >= 0.3 is 0 Å². The summed E-state index contributed by atoms with van der Waals surface area (Å²) in [5.41, 5.74) is 0. The maximum atomic E-state index is 4.91. The van der Waals surface area contributed by atoms with Gasteiger partial charge in [-0.1, -0.05) is 17.3 Å². The van der Waals surface area contributed by atoms with Gasteiger partial charge < -0.3 is 15.2 Å². The van der Waals surface area contributed by atoms with Crippen molar-refractivity contribution in [1.29, 1.82) is 0 Å². The Morgan fingerprint density at radius 2 is 2.28 bits per heavy atom. The summed E-state index contributed by atoms with van der Waals surface area (Å²) in [5.74, 6) is 1.97. The lowest BCUT2D eigenvalue weighted by atomic mass is 10.2. The van der Waals surface area contributed by atoms with Crippen LogP contribution in [0.2, 0.25) is 0 Å². The molecule has 0 amide bonds. The Morgan fingerprint density at radius 1 is 1.50 bits per heavy atom. The van der Waals surface area contributed by atoms with Gasteiger partial charge in [-0.05, 0) is 19.8 Å². The van der Waals surface area contributed by atoms with Crippen LogP contribution in [0.4, 0.5) is 0 Å². The molecule has 0 saturated heterocycles. The third-order valence-corrected chi connectivity index (χ3v) is 2.64. The maximum Gasteiger partial charge on any atom is 0.223 e. The Labute approximate surface area is 107 Å². The van der Waals surface area contributed by atoms with Crippen molar-refractivity contribution >= 4 is 5.96 Å². The molecule has 0 saturated carbocycles. The maximum absolute atomic E-state index is 4.91. The summed E-state index contributed by atoms with van der Waals surface area (Å²) in [6, 6.07) is 0.440. The summed E-state index contributed by atoms with van der Waals surface area (Å²) in [4.78, 5) is 8.56. The fourth-order valence-corrected chi connectivity index (χ4v) is 1.80. The minimum absolute atomic E-state index is 0.423. The van der Waals surface area contributed by atoms with Gasteiger partial charge in [-0.15, -0.1) is 0 Å². The molecule has 0 unspecified atom stereocenters. The smallest absolute Gasteiger partial charge is 0.223 e. The summed E-state index contributed by atoms with van der Waals surface area (Å²) >= 11 is 0. The molecule has 6 nitrogen and oxygen atoms in total. The van der Waals surface area contributed by atoms with Crippen molar-refractivity contribution in [3.8, 4) is 0 Å². The number of nitrogens with zero attached hydrogens (tertiary/aromatic N) is 3. The van der Waals surface area contributed by atoms with E-state index < -0.39 is 0 Å². The van der Waals surface area contributed by atoms with E-state index in [2.05, 4.69) is 37.9 Å². The number of guanidine groups is 1. The SMILES string of the molecule is CCNC(=NCc1noc(C)n1)NC1CC=CC1. The van der Waals surface area contributed by atoms with Gasteiger partial charge in [-0.25, -0.2) is 4.99 Å². The minimum Gasteiger partial charge on any atom is -0.357 e. The molecule has 2 N–H and O–H groups in total. The van der Waals surface area contributed by atoms with E-state index in [9.17, 15) is 0 Å². The Morgan fingerprint density at radius 3 is 2.89 bits per heavy atom. The molecule has 0 radical (unpaired) electrons. The second-order valence-electron chi connectivity index (χ2n) is 4.21. The van der Waals surface area contributed by atoms with Gasteiger partial charge in [0.05, 0.1) is 0 Å². The molecule has 0 aliphatic heterocycles. The van der Waals surface area contributed by atoms with Crippen LogP contribution >= 0.6 is 0 Å². The van der Waals surface area contributed by atoms with E-state index in [4.69, 9.17) is 4.52 Å². The third-order valence-electron chi connectivity index (χ3n) is 2.64. The van der Waals surface area contributed by atoms with Crippen molar-refractivity contribution in [2.75, 3.05) is 6.54 Å². The highest BCUT2D eigenvalue weighted by molar-refractivity contribution is 5.80. The van der Waals surface area contributed by atoms with Crippen molar-refractivity contribution in [3.05, 3.63) is 23.9 Å². The van der Waals surface area contributed by atoms with Crippen LogP contribution in [-0.4, -0.2) is 28.7 Å². The minimum atomic E-state index is 0.423. The van der Waals surface area contributed by atoms with E-state index in [1.165, 1.54) is 0 Å². The Bertz CT molecular complexity index is 429. The summed E-state index contributed by atoms with van der Waals surface area (Å²) in [6.07, 6.45) is 6.46. The highest BCUT2D eigenvalue weighted by Crippen LogP contribution is 2.08. The molecule has 1 heterocycles. The predicted molar refractivity (Wildman–Crippen MR) is 69.1 cm³/mol. The van der Waals surface area contributed by atoms with E-state index in [1.54, 1.807) is 6.92 Å². The van der Waals surface area contributed by atoms with Crippen LogP contribution in [0.3, 0.4) is 0 Å². The fourth-order valence-electron chi connectivity index (χ4n) is 1.80. The quantitative estimate of drug-likeness (QED) is 0.475. The molecule has 1 aromatic heterocycles. The monoisotopic (exact) mass is 249 g/mol. The van der Waals surface area contributed by atoms with Crippen molar-refractivity contribution < 1.29 is 4.52 Å². The lowest BCUT2D eigenvalue weighted by molar-refractivity contribution is 0.387. The number of rotatable bonds is 4. The predicted octanol–water partition coefficient (Wildman–Crippen LogP) is 1.15. The van der Waals surface area contributed by atoms with E-state index in [-0.39, 0.29) is 0 Å². The van der Waals surface area contributed by atoms with E-state index >= 15 is 0 Å². The largest absolute Gasteiger partial charge is 0.357 e. The molecule has 0 fully saturated rings. The molecule has 0 bridgehead atoms. The van der Waals surface area contributed by atoms with Gasteiger partial charge in [0.15, 0.2) is 11.8 Å². The van der Waals surface area contributed by atoms with Gasteiger partial charge in [-0.2, -0.15) is 4.98 Å². The van der Waals surface area contributed by atoms with Crippen molar-refractivity contribution in [2.24, 2.45) is 4.99 Å². The molecule has 0 aromatic carbocycles. The van der Waals surface area contributed by atoms with Crippen LogP contribution in [0.15, 0.2) is 21.7 Å². The van der Waals surface area contributed by atoms with Crippen LogP contribution in [0.5, 0.6) is 0 Å². The zero-order chi connectivity index (χ0) is 12.8. The molecule has 98 valence electrons. The van der Waals surface area contributed by atoms with Crippen molar-refractivity contribution in [3.63, 3.8) is 0 Å². The lowest BCUT2D eigenvalue weighted by Crippen LogP contribution is -2.42. The second kappa shape index (κ2) is 6.18. The summed E-state index contributed by atoms with van der Waals surface area (Å²) < 4.78 is 4.91. The number of aliphatic imine (C=N–C) groups is 1. The molecule has 0 atom stereocenters. The molecule has 1 aromatic rings. The van der Waals surface area contributed by atoms with Gasteiger partial charge in [0, 0.05) is 19.5 Å². The van der Waals surface area contributed by atoms with Gasteiger partial charge in [0.2, 0.25) is 5.89 Å². The molecule has 18 heavy (non-hydrogen) atoms. The standard InChI is InChI=1S/C12H19N5O/c1-3-13-12(16-10-6-4-5-7-10)14-8-11-15-9(2)18-17-11/h4-5,10H,3,6-8H2,1-2H3,(H2,13,14,16). The second-order valence-corrected chi connectivity index (χ2v) is 4.21. The molecular formula is C12H19N5O. The van der Waals surface area contributed by atoms with Crippen LogP contribution in [0.1, 0.15) is 31.5 Å². The summed E-state index contributed by atoms with van der Waals surface area (Å²) in [6.45, 7) is 5.07. The number of aromatic nitrogens is 2. The normalized spacial score (nSPS) is 16.2.